The predicted octanol–water partition coefficient (Wildman–Crippen LogP) is 1.67. The zero-order chi connectivity index (χ0) is 16.5. The number of benzene rings is 1. The van der Waals surface area contributed by atoms with Gasteiger partial charge in [0.2, 0.25) is 0 Å². The van der Waals surface area contributed by atoms with Crippen LogP contribution in [0.5, 0.6) is 0 Å². The monoisotopic (exact) mass is 327 g/mol. The second-order valence-corrected chi connectivity index (χ2v) is 5.98. The first-order valence-electron chi connectivity index (χ1n) is 7.92. The van der Waals surface area contributed by atoms with Gasteiger partial charge < -0.3 is 10.4 Å². The Hall–Kier alpha value is -2.51. The number of halogens is 1. The maximum absolute atomic E-state index is 13.1. The second kappa shape index (κ2) is 6.18. The van der Waals surface area contributed by atoms with Gasteiger partial charge in [0.25, 0.3) is 0 Å². The van der Waals surface area contributed by atoms with Crippen molar-refractivity contribution >= 4 is 0 Å². The van der Waals surface area contributed by atoms with Crippen molar-refractivity contribution in [3.8, 4) is 5.69 Å². The van der Waals surface area contributed by atoms with Gasteiger partial charge in [-0.1, -0.05) is 0 Å². The number of aromatic nitrogens is 4. The first-order chi connectivity index (χ1) is 11.7. The van der Waals surface area contributed by atoms with Crippen molar-refractivity contribution < 1.29 is 9.50 Å². The molecule has 0 amide bonds. The standard InChI is InChI=1S/C17H18FN5O/c18-12-2-4-13(5-3-12)23-14(6-8-21-23)11-19-15-10-16(24)17(15)22-9-1-7-20-22/h1-9,15-17,19,24H,10-11H2/t15-,16+,17+/m0/s1. The highest BCUT2D eigenvalue weighted by Gasteiger charge is 2.41. The van der Waals surface area contributed by atoms with E-state index in [1.807, 2.05) is 18.3 Å². The van der Waals surface area contributed by atoms with Gasteiger partial charge in [0.15, 0.2) is 0 Å². The number of hydrogen-bond acceptors (Lipinski definition) is 4. The molecule has 2 N–H and O–H groups in total. The third-order valence-electron chi connectivity index (χ3n) is 4.47. The average molecular weight is 327 g/mol. The molecule has 24 heavy (non-hydrogen) atoms. The molecule has 0 saturated heterocycles. The van der Waals surface area contributed by atoms with Gasteiger partial charge in [-0.3, -0.25) is 4.68 Å². The molecule has 2 aromatic heterocycles. The third kappa shape index (κ3) is 2.72. The minimum absolute atomic E-state index is 0.0535. The quantitative estimate of drug-likeness (QED) is 0.748. The van der Waals surface area contributed by atoms with Crippen LogP contribution in [-0.2, 0) is 6.54 Å². The lowest BCUT2D eigenvalue weighted by molar-refractivity contribution is -0.00837. The predicted molar refractivity (Wildman–Crippen MR) is 86.0 cm³/mol. The molecule has 0 spiro atoms. The highest BCUT2D eigenvalue weighted by Crippen LogP contribution is 2.32. The van der Waals surface area contributed by atoms with Gasteiger partial charge in [-0.2, -0.15) is 10.2 Å². The summed E-state index contributed by atoms with van der Waals surface area (Å²) in [6.45, 7) is 0.604. The Labute approximate surface area is 138 Å². The Morgan fingerprint density at radius 2 is 2.00 bits per heavy atom. The highest BCUT2D eigenvalue weighted by molar-refractivity contribution is 5.32. The van der Waals surface area contributed by atoms with Crippen LogP contribution in [-0.4, -0.2) is 36.8 Å². The summed E-state index contributed by atoms with van der Waals surface area (Å²) in [6, 6.07) is 10.1. The molecule has 4 rings (SSSR count). The molecule has 7 heteroatoms. The Morgan fingerprint density at radius 3 is 2.71 bits per heavy atom. The molecule has 1 fully saturated rings. The van der Waals surface area contributed by atoms with E-state index in [1.54, 1.807) is 33.9 Å². The lowest BCUT2D eigenvalue weighted by atomic mass is 9.83. The normalized spacial score (nSPS) is 23.2. The summed E-state index contributed by atoms with van der Waals surface area (Å²) in [7, 11) is 0. The zero-order valence-electron chi connectivity index (χ0n) is 13.0. The van der Waals surface area contributed by atoms with Crippen LogP contribution in [0.4, 0.5) is 4.39 Å². The molecular weight excluding hydrogens is 309 g/mol. The minimum Gasteiger partial charge on any atom is -0.391 e. The van der Waals surface area contributed by atoms with Crippen LogP contribution in [0.25, 0.3) is 5.69 Å². The fourth-order valence-electron chi connectivity index (χ4n) is 3.15. The molecule has 0 aliphatic heterocycles. The van der Waals surface area contributed by atoms with E-state index in [2.05, 4.69) is 15.5 Å². The van der Waals surface area contributed by atoms with Gasteiger partial charge in [0.05, 0.1) is 23.5 Å². The number of aliphatic hydroxyl groups is 1. The molecule has 1 saturated carbocycles. The summed E-state index contributed by atoms with van der Waals surface area (Å²) in [6.07, 6.45) is 5.61. The van der Waals surface area contributed by atoms with Gasteiger partial charge in [0.1, 0.15) is 5.82 Å². The van der Waals surface area contributed by atoms with E-state index in [9.17, 15) is 9.50 Å². The van der Waals surface area contributed by atoms with E-state index in [0.717, 1.165) is 11.4 Å². The Balaban J connectivity index is 1.46. The average Bonchev–Trinajstić information content (AvgIpc) is 3.23. The van der Waals surface area contributed by atoms with Gasteiger partial charge in [-0.05, 0) is 42.8 Å². The third-order valence-corrected chi connectivity index (χ3v) is 4.47. The fourth-order valence-corrected chi connectivity index (χ4v) is 3.15. The molecule has 3 atom stereocenters. The van der Waals surface area contributed by atoms with E-state index >= 15 is 0 Å². The lowest BCUT2D eigenvalue weighted by Crippen LogP contribution is -2.54. The van der Waals surface area contributed by atoms with Crippen molar-refractivity contribution in [2.75, 3.05) is 0 Å². The van der Waals surface area contributed by atoms with Crippen LogP contribution < -0.4 is 5.32 Å². The Bertz CT molecular complexity index is 799. The van der Waals surface area contributed by atoms with E-state index in [0.29, 0.717) is 13.0 Å². The summed E-state index contributed by atoms with van der Waals surface area (Å²) in [5.74, 6) is -0.267. The molecule has 3 aromatic rings. The van der Waals surface area contributed by atoms with E-state index in [-0.39, 0.29) is 24.0 Å². The molecule has 6 nitrogen and oxygen atoms in total. The van der Waals surface area contributed by atoms with E-state index in [1.165, 1.54) is 12.1 Å². The van der Waals surface area contributed by atoms with Crippen molar-refractivity contribution in [2.45, 2.75) is 31.2 Å². The van der Waals surface area contributed by atoms with Crippen LogP contribution in [0.3, 0.4) is 0 Å². The van der Waals surface area contributed by atoms with Crippen LogP contribution in [0, 0.1) is 5.82 Å². The summed E-state index contributed by atoms with van der Waals surface area (Å²) >= 11 is 0. The SMILES string of the molecule is O[C@@H]1C[C@H](NCc2ccnn2-c2ccc(F)cc2)[C@H]1n1cccn1. The van der Waals surface area contributed by atoms with Gasteiger partial charge >= 0.3 is 0 Å². The fraction of sp³-hybridized carbons (Fsp3) is 0.294. The highest BCUT2D eigenvalue weighted by atomic mass is 19.1. The van der Waals surface area contributed by atoms with Crippen LogP contribution >= 0.6 is 0 Å². The largest absolute Gasteiger partial charge is 0.391 e. The van der Waals surface area contributed by atoms with Crippen molar-refractivity contribution in [2.24, 2.45) is 0 Å². The van der Waals surface area contributed by atoms with Crippen molar-refractivity contribution in [3.05, 3.63) is 66.5 Å². The summed E-state index contributed by atoms with van der Waals surface area (Å²) in [5.41, 5.74) is 1.79. The topological polar surface area (TPSA) is 67.9 Å². The molecule has 0 unspecified atom stereocenters. The number of nitrogens with one attached hydrogen (secondary N) is 1. The van der Waals surface area contributed by atoms with Crippen LogP contribution in [0.2, 0.25) is 0 Å². The minimum atomic E-state index is -0.385. The molecule has 1 aliphatic rings. The van der Waals surface area contributed by atoms with Crippen molar-refractivity contribution in [1.29, 1.82) is 0 Å². The zero-order valence-corrected chi connectivity index (χ0v) is 13.0. The van der Waals surface area contributed by atoms with E-state index in [4.69, 9.17) is 0 Å². The van der Waals surface area contributed by atoms with Crippen LogP contribution in [0.1, 0.15) is 18.2 Å². The summed E-state index contributed by atoms with van der Waals surface area (Å²) < 4.78 is 16.7. The second-order valence-electron chi connectivity index (χ2n) is 5.98. The van der Waals surface area contributed by atoms with Crippen molar-refractivity contribution in [3.63, 3.8) is 0 Å². The maximum atomic E-state index is 13.1. The maximum Gasteiger partial charge on any atom is 0.123 e. The molecule has 1 aliphatic carbocycles. The summed E-state index contributed by atoms with van der Waals surface area (Å²) in [4.78, 5) is 0. The molecule has 124 valence electrons. The molecular formula is C17H18FN5O. The first-order valence-corrected chi connectivity index (χ1v) is 7.92. The van der Waals surface area contributed by atoms with Crippen LogP contribution in [0.15, 0.2) is 55.0 Å². The van der Waals surface area contributed by atoms with Crippen molar-refractivity contribution in [1.82, 2.24) is 24.9 Å². The smallest absolute Gasteiger partial charge is 0.123 e. The number of rotatable bonds is 5. The number of hydrogen-bond donors (Lipinski definition) is 2. The number of nitrogens with zero attached hydrogens (tertiary/aromatic N) is 4. The van der Waals surface area contributed by atoms with Gasteiger partial charge in [-0.15, -0.1) is 0 Å². The van der Waals surface area contributed by atoms with Gasteiger partial charge in [0, 0.05) is 31.2 Å². The Kier molecular flexibility index (Phi) is 3.87. The Morgan fingerprint density at radius 1 is 1.17 bits per heavy atom. The van der Waals surface area contributed by atoms with Gasteiger partial charge in [-0.25, -0.2) is 9.07 Å². The number of aliphatic hydroxyl groups excluding tert-OH is 1. The molecule has 1 aromatic carbocycles. The molecule has 0 radical (unpaired) electrons. The molecule has 0 bridgehead atoms. The molecule has 2 heterocycles. The summed E-state index contributed by atoms with van der Waals surface area (Å²) in [5, 5.41) is 22.0. The lowest BCUT2D eigenvalue weighted by Gasteiger charge is -2.42. The first kappa shape index (κ1) is 15.0. The van der Waals surface area contributed by atoms with E-state index < -0.39 is 0 Å².